The number of rotatable bonds is 4. The molecule has 0 bridgehead atoms. The number of aliphatic hydroxyl groups is 2. The first-order valence-corrected chi connectivity index (χ1v) is 4.65. The summed E-state index contributed by atoms with van der Waals surface area (Å²) in [6.07, 6.45) is -1.96. The summed E-state index contributed by atoms with van der Waals surface area (Å²) in [5.41, 5.74) is 6.10. The van der Waals surface area contributed by atoms with Crippen LogP contribution >= 0.6 is 0 Å². The minimum atomic E-state index is -1.04. The molecule has 0 aliphatic carbocycles. The molecule has 0 heterocycles. The SMILES string of the molecule is CNCC(O)C(O)c1ccc(N)c(O)c1. The summed E-state index contributed by atoms with van der Waals surface area (Å²) < 4.78 is 0. The third kappa shape index (κ3) is 2.82. The van der Waals surface area contributed by atoms with E-state index in [1.54, 1.807) is 13.1 Å². The summed E-state index contributed by atoms with van der Waals surface area (Å²) in [5, 5.41) is 31.3. The summed E-state index contributed by atoms with van der Waals surface area (Å²) in [4.78, 5) is 0. The van der Waals surface area contributed by atoms with Crippen LogP contribution in [-0.2, 0) is 0 Å². The Hall–Kier alpha value is -1.30. The molecule has 1 rings (SSSR count). The Kier molecular flexibility index (Phi) is 3.90. The van der Waals surface area contributed by atoms with Crippen LogP contribution in [0.3, 0.4) is 0 Å². The van der Waals surface area contributed by atoms with E-state index in [1.165, 1.54) is 12.1 Å². The molecule has 84 valence electrons. The van der Waals surface area contributed by atoms with Gasteiger partial charge in [-0.1, -0.05) is 6.07 Å². The number of phenolic OH excluding ortho intramolecular Hbond substituents is 1. The Labute approximate surface area is 88.2 Å². The predicted molar refractivity (Wildman–Crippen MR) is 57.4 cm³/mol. The molecule has 0 aromatic heterocycles. The highest BCUT2D eigenvalue weighted by molar-refractivity contribution is 5.53. The van der Waals surface area contributed by atoms with Gasteiger partial charge in [0.15, 0.2) is 0 Å². The number of hydrogen-bond donors (Lipinski definition) is 5. The molecular formula is C10H16N2O3. The zero-order chi connectivity index (χ0) is 11.4. The largest absolute Gasteiger partial charge is 0.506 e. The molecule has 6 N–H and O–H groups in total. The van der Waals surface area contributed by atoms with E-state index in [0.717, 1.165) is 0 Å². The van der Waals surface area contributed by atoms with Crippen molar-refractivity contribution in [3.8, 4) is 5.75 Å². The highest BCUT2D eigenvalue weighted by Crippen LogP contribution is 2.25. The number of likely N-dealkylation sites (N-methyl/N-ethyl adjacent to an activating group) is 1. The fourth-order valence-electron chi connectivity index (χ4n) is 1.29. The van der Waals surface area contributed by atoms with Crippen LogP contribution in [0.5, 0.6) is 5.75 Å². The number of hydrogen-bond acceptors (Lipinski definition) is 5. The number of aliphatic hydroxyl groups excluding tert-OH is 2. The van der Waals surface area contributed by atoms with Crippen LogP contribution in [-0.4, -0.2) is 35.0 Å². The Morgan fingerprint density at radius 1 is 1.40 bits per heavy atom. The maximum atomic E-state index is 9.69. The lowest BCUT2D eigenvalue weighted by molar-refractivity contribution is 0.0201. The van der Waals surface area contributed by atoms with E-state index in [-0.39, 0.29) is 18.0 Å². The zero-order valence-corrected chi connectivity index (χ0v) is 8.51. The standard InChI is InChI=1S/C10H16N2O3/c1-12-5-9(14)10(15)6-2-3-7(11)8(13)4-6/h2-4,9-10,12-15H,5,11H2,1H3. The molecule has 0 amide bonds. The third-order valence-electron chi connectivity index (χ3n) is 2.17. The summed E-state index contributed by atoms with van der Waals surface area (Å²) in [5.74, 6) is -0.0943. The lowest BCUT2D eigenvalue weighted by atomic mass is 10.0. The topological polar surface area (TPSA) is 98.7 Å². The Morgan fingerprint density at radius 2 is 2.07 bits per heavy atom. The average Bonchev–Trinajstić information content (AvgIpc) is 2.21. The number of aromatic hydroxyl groups is 1. The van der Waals surface area contributed by atoms with Gasteiger partial charge in [-0.2, -0.15) is 0 Å². The van der Waals surface area contributed by atoms with Gasteiger partial charge in [-0.15, -0.1) is 0 Å². The van der Waals surface area contributed by atoms with Gasteiger partial charge in [0.1, 0.15) is 11.9 Å². The molecule has 2 unspecified atom stereocenters. The quantitative estimate of drug-likeness (QED) is 0.345. The van der Waals surface area contributed by atoms with Gasteiger partial charge < -0.3 is 26.4 Å². The van der Waals surface area contributed by atoms with E-state index in [9.17, 15) is 15.3 Å². The number of benzene rings is 1. The molecule has 0 aliphatic heterocycles. The van der Waals surface area contributed by atoms with Crippen LogP contribution in [0, 0.1) is 0 Å². The van der Waals surface area contributed by atoms with Crippen LogP contribution < -0.4 is 11.1 Å². The second kappa shape index (κ2) is 4.97. The van der Waals surface area contributed by atoms with Crippen molar-refractivity contribution >= 4 is 5.69 Å². The number of anilines is 1. The number of nitrogens with one attached hydrogen (secondary N) is 1. The number of nitrogen functional groups attached to an aromatic ring is 1. The summed E-state index contributed by atoms with van der Waals surface area (Å²) >= 11 is 0. The van der Waals surface area contributed by atoms with Crippen LogP contribution in [0.4, 0.5) is 5.69 Å². The lowest BCUT2D eigenvalue weighted by Gasteiger charge is -2.18. The molecule has 0 fully saturated rings. The maximum absolute atomic E-state index is 9.69. The summed E-state index contributed by atoms with van der Waals surface area (Å²) in [6.45, 7) is 0.270. The van der Waals surface area contributed by atoms with Crippen molar-refractivity contribution in [2.24, 2.45) is 0 Å². The van der Waals surface area contributed by atoms with Crippen LogP contribution in [0.2, 0.25) is 0 Å². The van der Waals surface area contributed by atoms with Crippen molar-refractivity contribution in [3.63, 3.8) is 0 Å². The van der Waals surface area contributed by atoms with Gasteiger partial charge in [0, 0.05) is 6.54 Å². The van der Waals surface area contributed by atoms with E-state index in [4.69, 9.17) is 5.73 Å². The normalized spacial score (nSPS) is 14.9. The molecular weight excluding hydrogens is 196 g/mol. The van der Waals surface area contributed by atoms with E-state index in [2.05, 4.69) is 5.32 Å². The minimum Gasteiger partial charge on any atom is -0.506 e. The molecule has 0 saturated carbocycles. The van der Waals surface area contributed by atoms with Crippen molar-refractivity contribution in [1.82, 2.24) is 5.32 Å². The molecule has 2 atom stereocenters. The number of nitrogens with two attached hydrogens (primary N) is 1. The van der Waals surface area contributed by atoms with Crippen molar-refractivity contribution < 1.29 is 15.3 Å². The summed E-state index contributed by atoms with van der Waals surface area (Å²) in [7, 11) is 1.68. The summed E-state index contributed by atoms with van der Waals surface area (Å²) in [6, 6.07) is 4.40. The molecule has 0 saturated heterocycles. The molecule has 1 aromatic rings. The van der Waals surface area contributed by atoms with Crippen LogP contribution in [0.15, 0.2) is 18.2 Å². The first-order valence-electron chi connectivity index (χ1n) is 4.65. The lowest BCUT2D eigenvalue weighted by Crippen LogP contribution is -2.29. The van der Waals surface area contributed by atoms with Gasteiger partial charge in [0.25, 0.3) is 0 Å². The van der Waals surface area contributed by atoms with Crippen molar-refractivity contribution in [1.29, 1.82) is 0 Å². The fourth-order valence-corrected chi connectivity index (χ4v) is 1.29. The highest BCUT2D eigenvalue weighted by Gasteiger charge is 2.18. The minimum absolute atomic E-state index is 0.0943. The van der Waals surface area contributed by atoms with Crippen molar-refractivity contribution in [3.05, 3.63) is 23.8 Å². The molecule has 15 heavy (non-hydrogen) atoms. The van der Waals surface area contributed by atoms with E-state index in [0.29, 0.717) is 5.56 Å². The molecule has 0 spiro atoms. The Bertz CT molecular complexity index is 330. The molecule has 0 aliphatic rings. The fraction of sp³-hybridized carbons (Fsp3) is 0.400. The van der Waals surface area contributed by atoms with Gasteiger partial charge in [0.2, 0.25) is 0 Å². The Balaban J connectivity index is 2.81. The Morgan fingerprint density at radius 3 is 2.60 bits per heavy atom. The molecule has 5 heteroatoms. The molecule has 1 aromatic carbocycles. The van der Waals surface area contributed by atoms with Gasteiger partial charge in [-0.05, 0) is 24.7 Å². The van der Waals surface area contributed by atoms with Gasteiger partial charge in [-0.3, -0.25) is 0 Å². The van der Waals surface area contributed by atoms with E-state index in [1.807, 2.05) is 0 Å². The smallest absolute Gasteiger partial charge is 0.138 e. The van der Waals surface area contributed by atoms with Crippen LogP contribution in [0.25, 0.3) is 0 Å². The van der Waals surface area contributed by atoms with Crippen LogP contribution in [0.1, 0.15) is 11.7 Å². The van der Waals surface area contributed by atoms with E-state index < -0.39 is 12.2 Å². The number of phenols is 1. The predicted octanol–water partition coefficient (Wildman–Crippen LogP) is -0.412. The molecule has 0 radical (unpaired) electrons. The van der Waals surface area contributed by atoms with Gasteiger partial charge >= 0.3 is 0 Å². The monoisotopic (exact) mass is 212 g/mol. The van der Waals surface area contributed by atoms with Gasteiger partial charge in [-0.25, -0.2) is 0 Å². The third-order valence-corrected chi connectivity index (χ3v) is 2.17. The zero-order valence-electron chi connectivity index (χ0n) is 8.51. The highest BCUT2D eigenvalue weighted by atomic mass is 16.3. The molecule has 5 nitrogen and oxygen atoms in total. The maximum Gasteiger partial charge on any atom is 0.138 e. The van der Waals surface area contributed by atoms with Crippen molar-refractivity contribution in [2.75, 3.05) is 19.3 Å². The second-order valence-electron chi connectivity index (χ2n) is 3.39. The van der Waals surface area contributed by atoms with Crippen molar-refractivity contribution in [2.45, 2.75) is 12.2 Å². The first kappa shape index (κ1) is 11.8. The average molecular weight is 212 g/mol. The van der Waals surface area contributed by atoms with Gasteiger partial charge in [0.05, 0.1) is 11.8 Å². The van der Waals surface area contributed by atoms with E-state index >= 15 is 0 Å². The second-order valence-corrected chi connectivity index (χ2v) is 3.39. The first-order chi connectivity index (χ1) is 7.06.